The molecule has 0 radical (unpaired) electrons. The van der Waals surface area contributed by atoms with Crippen molar-refractivity contribution in [2.45, 2.75) is 43.7 Å². The van der Waals surface area contributed by atoms with Crippen molar-refractivity contribution in [3.05, 3.63) is 50.9 Å². The minimum absolute atomic E-state index is 0.149. The maximum atomic E-state index is 13.9. The topological polar surface area (TPSA) is 64.9 Å². The summed E-state index contributed by atoms with van der Waals surface area (Å²) in [6, 6.07) is 6.03. The zero-order valence-electron chi connectivity index (χ0n) is 15.5. The number of fused-ring (bicyclic) bond motifs is 1. The van der Waals surface area contributed by atoms with Gasteiger partial charge in [-0.2, -0.15) is 31.6 Å². The van der Waals surface area contributed by atoms with Crippen molar-refractivity contribution in [3.63, 3.8) is 0 Å². The zero-order chi connectivity index (χ0) is 23.0. The fourth-order valence-corrected chi connectivity index (χ4v) is 4.68. The van der Waals surface area contributed by atoms with Crippen LogP contribution in [0.4, 0.5) is 31.3 Å². The fraction of sp³-hybridized carbons (Fsp3) is 0.368. The van der Waals surface area contributed by atoms with E-state index in [2.05, 4.69) is 0 Å². The molecular formula is C19H14ClF6N3OS. The number of amides is 1. The molecule has 3 rings (SSSR count). The number of carbonyl (C=O) groups excluding carboxylic acids is 1. The Balaban J connectivity index is 2.09. The fourth-order valence-electron chi connectivity index (χ4n) is 3.26. The molecule has 2 N–H and O–H groups in total. The predicted octanol–water partition coefficient (Wildman–Crippen LogP) is 5.81. The predicted molar refractivity (Wildman–Crippen MR) is 103 cm³/mol. The zero-order valence-corrected chi connectivity index (χ0v) is 17.1. The number of nitriles is 1. The first-order chi connectivity index (χ1) is 14.4. The highest BCUT2D eigenvalue weighted by atomic mass is 35.5. The lowest BCUT2D eigenvalue weighted by Crippen LogP contribution is -2.72. The summed E-state index contributed by atoms with van der Waals surface area (Å²) in [7, 11) is 0. The molecule has 1 amide bonds. The lowest BCUT2D eigenvalue weighted by Gasteiger charge is -2.38. The molecule has 0 bridgehead atoms. The molecule has 1 aliphatic rings. The number of alkyl halides is 6. The van der Waals surface area contributed by atoms with Crippen molar-refractivity contribution >= 4 is 33.8 Å². The van der Waals surface area contributed by atoms with Crippen molar-refractivity contribution in [2.24, 2.45) is 0 Å². The van der Waals surface area contributed by atoms with Crippen LogP contribution in [-0.2, 0) is 12.8 Å². The van der Waals surface area contributed by atoms with Gasteiger partial charge in [0.05, 0.1) is 5.56 Å². The van der Waals surface area contributed by atoms with Crippen LogP contribution in [0.3, 0.4) is 0 Å². The molecule has 0 fully saturated rings. The second-order valence-electron chi connectivity index (χ2n) is 6.86. The average molecular weight is 482 g/mol. The average Bonchev–Trinajstić information content (AvgIpc) is 3.03. The smallest absolute Gasteiger partial charge is 0.338 e. The minimum Gasteiger partial charge on any atom is -0.338 e. The number of anilines is 1. The van der Waals surface area contributed by atoms with E-state index in [0.717, 1.165) is 36.0 Å². The van der Waals surface area contributed by atoms with Gasteiger partial charge >= 0.3 is 18.0 Å². The first-order valence-corrected chi connectivity index (χ1v) is 10.1. The van der Waals surface area contributed by atoms with E-state index < -0.39 is 34.5 Å². The first-order valence-electron chi connectivity index (χ1n) is 8.94. The van der Waals surface area contributed by atoms with E-state index in [1.165, 1.54) is 5.32 Å². The number of hydrogen-bond donors (Lipinski definition) is 2. The van der Waals surface area contributed by atoms with Crippen LogP contribution in [0.2, 0.25) is 5.02 Å². The third-order valence-electron chi connectivity index (χ3n) is 4.84. The molecule has 1 aromatic carbocycles. The van der Waals surface area contributed by atoms with Crippen molar-refractivity contribution < 1.29 is 31.1 Å². The Labute approximate surface area is 181 Å². The van der Waals surface area contributed by atoms with Gasteiger partial charge in [-0.1, -0.05) is 11.6 Å². The number of hydrogen-bond acceptors (Lipinski definition) is 4. The Morgan fingerprint density at radius 1 is 1.03 bits per heavy atom. The van der Waals surface area contributed by atoms with Crippen molar-refractivity contribution in [2.75, 3.05) is 5.32 Å². The molecule has 0 atom stereocenters. The van der Waals surface area contributed by atoms with Gasteiger partial charge in [-0.25, -0.2) is 0 Å². The van der Waals surface area contributed by atoms with Crippen LogP contribution in [0.25, 0.3) is 0 Å². The summed E-state index contributed by atoms with van der Waals surface area (Å²) < 4.78 is 83.5. The highest BCUT2D eigenvalue weighted by molar-refractivity contribution is 7.16. The third kappa shape index (κ3) is 4.32. The van der Waals surface area contributed by atoms with Gasteiger partial charge in [-0.15, -0.1) is 11.3 Å². The standard InChI is InChI=1S/C19H14ClF6N3OS/c20-11-7-5-10(6-8-11)15(30)28-17(18(21,22)23,19(24,25)26)29-16-13(9-27)12-3-1-2-4-14(12)31-16/h5-8,29H,1-4H2,(H,28,30). The van der Waals surface area contributed by atoms with Gasteiger partial charge in [0.15, 0.2) is 0 Å². The van der Waals surface area contributed by atoms with Crippen LogP contribution in [0.1, 0.15) is 39.2 Å². The highest BCUT2D eigenvalue weighted by Gasteiger charge is 2.73. The SMILES string of the molecule is N#Cc1c(NC(NC(=O)c2ccc(Cl)cc2)(C(F)(F)F)C(F)(F)F)sc2c1CCCC2. The molecule has 0 unspecified atom stereocenters. The quantitative estimate of drug-likeness (QED) is 0.427. The van der Waals surface area contributed by atoms with E-state index in [-0.39, 0.29) is 10.6 Å². The van der Waals surface area contributed by atoms with Gasteiger partial charge < -0.3 is 10.6 Å². The number of aryl methyl sites for hydroxylation is 1. The minimum atomic E-state index is -5.98. The number of halogens is 7. The summed E-state index contributed by atoms with van der Waals surface area (Å²) >= 11 is 6.32. The summed E-state index contributed by atoms with van der Waals surface area (Å²) in [6.45, 7) is 0. The summed E-state index contributed by atoms with van der Waals surface area (Å²) in [5.41, 5.74) is -5.08. The maximum absolute atomic E-state index is 13.9. The van der Waals surface area contributed by atoms with Gasteiger partial charge in [-0.05, 0) is 55.5 Å². The molecule has 12 heteroatoms. The van der Waals surface area contributed by atoms with Crippen LogP contribution in [0, 0.1) is 11.3 Å². The normalized spacial score (nSPS) is 14.5. The Bertz CT molecular complexity index is 1010. The molecule has 0 saturated carbocycles. The van der Waals surface area contributed by atoms with Crippen LogP contribution in [0.15, 0.2) is 24.3 Å². The third-order valence-corrected chi connectivity index (χ3v) is 6.30. The number of nitrogens with zero attached hydrogens (tertiary/aromatic N) is 1. The van der Waals surface area contributed by atoms with E-state index in [0.29, 0.717) is 41.0 Å². The molecule has 1 heterocycles. The monoisotopic (exact) mass is 481 g/mol. The lowest BCUT2D eigenvalue weighted by atomic mass is 9.96. The Kier molecular flexibility index (Phi) is 6.17. The van der Waals surface area contributed by atoms with Gasteiger partial charge in [0.1, 0.15) is 11.1 Å². The van der Waals surface area contributed by atoms with Gasteiger partial charge in [-0.3, -0.25) is 4.79 Å². The Morgan fingerprint density at radius 2 is 1.61 bits per heavy atom. The molecule has 31 heavy (non-hydrogen) atoms. The second-order valence-corrected chi connectivity index (χ2v) is 8.40. The molecule has 4 nitrogen and oxygen atoms in total. The molecule has 0 saturated heterocycles. The van der Waals surface area contributed by atoms with Crippen LogP contribution in [-0.4, -0.2) is 23.9 Å². The Hall–Kier alpha value is -2.45. The van der Waals surface area contributed by atoms with Crippen molar-refractivity contribution in [1.29, 1.82) is 5.26 Å². The summed E-state index contributed by atoms with van der Waals surface area (Å²) in [5.74, 6) is -1.61. The van der Waals surface area contributed by atoms with Crippen LogP contribution in [0.5, 0.6) is 0 Å². The van der Waals surface area contributed by atoms with Crippen LogP contribution >= 0.6 is 22.9 Å². The number of rotatable bonds is 4. The summed E-state index contributed by atoms with van der Waals surface area (Å²) in [6.07, 6.45) is -9.73. The second kappa shape index (κ2) is 8.24. The van der Waals surface area contributed by atoms with E-state index in [4.69, 9.17) is 11.6 Å². The van der Waals surface area contributed by atoms with Crippen molar-refractivity contribution in [1.82, 2.24) is 5.32 Å². The largest absolute Gasteiger partial charge is 0.439 e. The summed E-state index contributed by atoms with van der Waals surface area (Å²) in [5, 5.41) is 11.5. The van der Waals surface area contributed by atoms with E-state index >= 15 is 0 Å². The van der Waals surface area contributed by atoms with Gasteiger partial charge in [0.25, 0.3) is 5.91 Å². The van der Waals surface area contributed by atoms with Crippen molar-refractivity contribution in [3.8, 4) is 6.07 Å². The van der Waals surface area contributed by atoms with E-state index in [1.54, 1.807) is 6.07 Å². The first kappa shape index (κ1) is 23.2. The molecular weight excluding hydrogens is 468 g/mol. The molecule has 1 aliphatic carbocycles. The molecule has 0 spiro atoms. The lowest BCUT2D eigenvalue weighted by molar-refractivity contribution is -0.293. The molecule has 166 valence electrons. The molecule has 2 aromatic rings. The molecule has 0 aliphatic heterocycles. The number of carbonyl (C=O) groups is 1. The highest BCUT2D eigenvalue weighted by Crippen LogP contribution is 2.47. The summed E-state index contributed by atoms with van der Waals surface area (Å²) in [4.78, 5) is 12.9. The van der Waals surface area contributed by atoms with E-state index in [1.807, 2.05) is 0 Å². The number of nitrogens with one attached hydrogen (secondary N) is 2. The molecule has 1 aromatic heterocycles. The van der Waals surface area contributed by atoms with E-state index in [9.17, 15) is 36.4 Å². The maximum Gasteiger partial charge on any atom is 0.439 e. The van der Waals surface area contributed by atoms with Gasteiger partial charge in [0, 0.05) is 15.5 Å². The number of benzene rings is 1. The Morgan fingerprint density at radius 3 is 2.16 bits per heavy atom. The number of thiophene rings is 1. The van der Waals surface area contributed by atoms with Crippen LogP contribution < -0.4 is 10.6 Å². The van der Waals surface area contributed by atoms with Gasteiger partial charge in [0.2, 0.25) is 0 Å².